The van der Waals surface area contributed by atoms with Crippen LogP contribution in [0.2, 0.25) is 0 Å². The van der Waals surface area contributed by atoms with E-state index in [1.165, 1.54) is 0 Å². The molecule has 0 heterocycles. The van der Waals surface area contributed by atoms with Crippen LogP contribution in [0.5, 0.6) is 0 Å². The molecule has 0 amide bonds. The molecule has 0 aromatic rings. The molecule has 16 heavy (non-hydrogen) atoms. The standard InChI is InChI=1S/6BrH.8H2O.2Sn/h6*1H;8*1H2;;/q;;;;;;;;;;;;;;2*+4/p-8. The molecule has 0 aliphatic heterocycles. The fourth-order valence-electron chi connectivity index (χ4n) is 0. The average Bonchev–Trinajstić information content (AvgIpc) is 0. The van der Waals surface area contributed by atoms with E-state index in [1.54, 1.807) is 0 Å². The average molecular weight is 859 g/mol. The first-order valence-electron chi connectivity index (χ1n) is 0. The summed E-state index contributed by atoms with van der Waals surface area (Å²) in [6, 6.07) is 0. The van der Waals surface area contributed by atoms with E-state index in [9.17, 15) is 0 Å². The van der Waals surface area contributed by atoms with Crippen LogP contribution < -0.4 is 102 Å². The Balaban J connectivity index is 0. The molecule has 0 saturated heterocycles. The zero-order chi connectivity index (χ0) is 0. The van der Waals surface area contributed by atoms with Gasteiger partial charge in [-0.1, -0.05) is 0 Å². The van der Waals surface area contributed by atoms with Gasteiger partial charge in [-0.15, -0.1) is 0 Å². The van der Waals surface area contributed by atoms with Gasteiger partial charge in [0.2, 0.25) is 0 Å². The Labute approximate surface area is 190 Å². The molecular formula is H14Br6O8Sn2. The maximum Gasteiger partial charge on any atom is 4.00 e. The Morgan fingerprint density at radius 2 is 0.250 bits per heavy atom. The number of hydrogen-bond acceptors (Lipinski definition) is 2. The van der Waals surface area contributed by atoms with Gasteiger partial charge in [0.25, 0.3) is 0 Å². The second kappa shape index (κ2) is 365. The quantitative estimate of drug-likeness (QED) is 0.216. The van der Waals surface area contributed by atoms with E-state index in [-0.39, 0.29) is 194 Å². The minimum atomic E-state index is 0. The third-order valence-electron chi connectivity index (χ3n) is 0. The Hall–Kier alpha value is 4.16. The van der Waals surface area contributed by atoms with Crippen molar-refractivity contribution in [3.63, 3.8) is 0 Å². The molecule has 0 aromatic heterocycles. The SMILES string of the molecule is O.O.O.O.O.O.[Br-].[Br-].[Br-].[Br-].[Br-].[Br-].[OH-].[OH-].[Sn+4].[Sn+4]. The monoisotopic (exact) mass is 855 g/mol. The van der Waals surface area contributed by atoms with Crippen molar-refractivity contribution < 1.29 is 146 Å². The zero-order valence-corrected chi connectivity index (χ0v) is 22.4. The van der Waals surface area contributed by atoms with Crippen LogP contribution in [0.1, 0.15) is 0 Å². The van der Waals surface area contributed by atoms with Gasteiger partial charge in [0.1, 0.15) is 0 Å². The van der Waals surface area contributed by atoms with Crippen molar-refractivity contribution in [2.24, 2.45) is 0 Å². The molecule has 0 radical (unpaired) electrons. The van der Waals surface area contributed by atoms with Crippen LogP contribution in [0.3, 0.4) is 0 Å². The molecule has 0 aromatic carbocycles. The van der Waals surface area contributed by atoms with E-state index in [1.807, 2.05) is 0 Å². The summed E-state index contributed by atoms with van der Waals surface area (Å²) >= 11 is 0. The predicted octanol–water partition coefficient (Wildman–Crippen LogP) is -24.0. The first-order chi connectivity index (χ1) is 0. The topological polar surface area (TPSA) is 249 Å². The van der Waals surface area contributed by atoms with Crippen molar-refractivity contribution in [2.45, 2.75) is 0 Å². The predicted molar refractivity (Wildman–Crippen MR) is 37.1 cm³/mol. The van der Waals surface area contributed by atoms with E-state index in [4.69, 9.17) is 0 Å². The van der Waals surface area contributed by atoms with Gasteiger partial charge in [-0.2, -0.15) is 0 Å². The smallest absolute Gasteiger partial charge is 1.00 e. The third-order valence-corrected chi connectivity index (χ3v) is 0. The maximum absolute atomic E-state index is 0. The van der Waals surface area contributed by atoms with Crippen LogP contribution in [0, 0.1) is 0 Å². The molecule has 0 atom stereocenters. The summed E-state index contributed by atoms with van der Waals surface area (Å²) in [5, 5.41) is 0. The maximum atomic E-state index is 0. The van der Waals surface area contributed by atoms with Crippen LogP contribution in [-0.2, 0) is 0 Å². The van der Waals surface area contributed by atoms with Crippen LogP contribution in [0.15, 0.2) is 0 Å². The Morgan fingerprint density at radius 1 is 0.250 bits per heavy atom. The largest absolute Gasteiger partial charge is 4.00 e. The Morgan fingerprint density at radius 3 is 0.250 bits per heavy atom. The summed E-state index contributed by atoms with van der Waals surface area (Å²) in [4.78, 5) is 0. The summed E-state index contributed by atoms with van der Waals surface area (Å²) in [5.41, 5.74) is 0. The number of rotatable bonds is 0. The molecule has 0 saturated carbocycles. The van der Waals surface area contributed by atoms with Gasteiger partial charge in [-0.3, -0.25) is 0 Å². The first kappa shape index (κ1) is 428. The summed E-state index contributed by atoms with van der Waals surface area (Å²) < 4.78 is 0. The normalized spacial score (nSPS) is 0. The van der Waals surface area contributed by atoms with Crippen molar-refractivity contribution >= 4 is 47.8 Å². The summed E-state index contributed by atoms with van der Waals surface area (Å²) in [7, 11) is 0. The molecule has 0 bridgehead atoms. The van der Waals surface area contributed by atoms with Crippen molar-refractivity contribution in [3.05, 3.63) is 0 Å². The molecule has 8 nitrogen and oxygen atoms in total. The van der Waals surface area contributed by atoms with E-state index in [0.717, 1.165) is 0 Å². The van der Waals surface area contributed by atoms with Gasteiger partial charge in [-0.05, 0) is 0 Å². The van der Waals surface area contributed by atoms with Crippen molar-refractivity contribution in [3.8, 4) is 0 Å². The van der Waals surface area contributed by atoms with Gasteiger partial charge >= 0.3 is 47.8 Å². The third kappa shape index (κ3) is 309. The van der Waals surface area contributed by atoms with E-state index in [0.29, 0.717) is 0 Å². The van der Waals surface area contributed by atoms with E-state index >= 15 is 0 Å². The molecule has 14 N–H and O–H groups in total. The van der Waals surface area contributed by atoms with E-state index in [2.05, 4.69) is 0 Å². The molecule has 16 heteroatoms. The number of hydrogen-bond donors (Lipinski definition) is 0. The fraction of sp³-hybridized carbons (Fsp3) is 0. The summed E-state index contributed by atoms with van der Waals surface area (Å²) in [6.07, 6.45) is 0. The second-order valence-corrected chi connectivity index (χ2v) is 0. The minimum Gasteiger partial charge on any atom is -1.00 e. The molecule has 0 aliphatic rings. The molecule has 0 aliphatic carbocycles. The van der Waals surface area contributed by atoms with Gasteiger partial charge < -0.3 is 146 Å². The van der Waals surface area contributed by atoms with Crippen molar-refractivity contribution in [1.82, 2.24) is 0 Å². The minimum absolute atomic E-state index is 0. The molecule has 0 spiro atoms. The molecule has 0 rings (SSSR count). The van der Waals surface area contributed by atoms with Crippen LogP contribution >= 0.6 is 0 Å². The number of halogens is 6. The summed E-state index contributed by atoms with van der Waals surface area (Å²) in [5.74, 6) is 0. The Bertz CT molecular complexity index is 22.5. The van der Waals surface area contributed by atoms with Gasteiger partial charge in [0.05, 0.1) is 0 Å². The molecule has 112 valence electrons. The van der Waals surface area contributed by atoms with Crippen LogP contribution in [0.4, 0.5) is 0 Å². The van der Waals surface area contributed by atoms with Gasteiger partial charge in [0.15, 0.2) is 0 Å². The van der Waals surface area contributed by atoms with Crippen LogP contribution in [0.25, 0.3) is 0 Å². The molecular weight excluding hydrogens is 845 g/mol. The molecule has 0 fully saturated rings. The van der Waals surface area contributed by atoms with Crippen molar-refractivity contribution in [2.75, 3.05) is 0 Å². The second-order valence-electron chi connectivity index (χ2n) is 0. The van der Waals surface area contributed by atoms with E-state index < -0.39 is 0 Å². The van der Waals surface area contributed by atoms with Crippen LogP contribution in [-0.4, -0.2) is 91.6 Å². The van der Waals surface area contributed by atoms with Gasteiger partial charge in [-0.25, -0.2) is 0 Å². The molecule has 0 unspecified atom stereocenters. The van der Waals surface area contributed by atoms with Crippen molar-refractivity contribution in [1.29, 1.82) is 0 Å². The fourth-order valence-corrected chi connectivity index (χ4v) is 0. The summed E-state index contributed by atoms with van der Waals surface area (Å²) in [6.45, 7) is 0. The Kier molecular flexibility index (Phi) is 9780. The van der Waals surface area contributed by atoms with Gasteiger partial charge in [0, 0.05) is 0 Å². The zero-order valence-electron chi connectivity index (χ0n) is 7.16. The first-order valence-corrected chi connectivity index (χ1v) is 0.